The predicted octanol–water partition coefficient (Wildman–Crippen LogP) is 8.26. The molecule has 1 unspecified atom stereocenters. The summed E-state index contributed by atoms with van der Waals surface area (Å²) in [6.45, 7) is 12.3. The lowest BCUT2D eigenvalue weighted by Gasteiger charge is -2.33. The van der Waals surface area contributed by atoms with E-state index in [1.165, 1.54) is 19.2 Å². The van der Waals surface area contributed by atoms with Crippen molar-refractivity contribution in [1.82, 2.24) is 19.8 Å². The highest BCUT2D eigenvalue weighted by Crippen LogP contribution is 2.46. The molecular weight excluding hydrogens is 725 g/mol. The molecule has 0 spiro atoms. The monoisotopic (exact) mass is 781 g/mol. The Morgan fingerprint density at radius 2 is 1.68 bits per heavy atom. The van der Waals surface area contributed by atoms with E-state index in [2.05, 4.69) is 15.3 Å². The van der Waals surface area contributed by atoms with Crippen molar-refractivity contribution in [2.45, 2.75) is 97.1 Å². The van der Waals surface area contributed by atoms with Gasteiger partial charge in [0.2, 0.25) is 0 Å². The summed E-state index contributed by atoms with van der Waals surface area (Å²) in [6, 6.07) is 6.24. The molecular formula is C41H56FN5O9. The molecule has 0 aliphatic carbocycles. The van der Waals surface area contributed by atoms with Crippen LogP contribution < -0.4 is 14.8 Å². The summed E-state index contributed by atoms with van der Waals surface area (Å²) in [6.07, 6.45) is 4.96. The molecule has 1 fully saturated rings. The summed E-state index contributed by atoms with van der Waals surface area (Å²) < 4.78 is 49.1. The SMILES string of the molecule is COc1c(F)cccc1Nc1c(-c2ccncc2OCC2CCN(C(=O)OC(C)(C)C)CC2)[nH]c2c1C(=O)N(C(=O)OC(C)(C)C)CC2CCCC(OC)OC. The molecule has 2 N–H and O–H groups in total. The summed E-state index contributed by atoms with van der Waals surface area (Å²) in [5, 5.41) is 3.29. The molecule has 2 aliphatic heterocycles. The van der Waals surface area contributed by atoms with Crippen molar-refractivity contribution in [2.75, 3.05) is 52.9 Å². The number of imide groups is 1. The maximum atomic E-state index is 15.1. The highest BCUT2D eigenvalue weighted by molar-refractivity contribution is 6.11. The van der Waals surface area contributed by atoms with Crippen LogP contribution in [-0.4, -0.2) is 103 Å². The van der Waals surface area contributed by atoms with Gasteiger partial charge in [0, 0.05) is 57.2 Å². The van der Waals surface area contributed by atoms with E-state index in [1.807, 2.05) is 20.8 Å². The van der Waals surface area contributed by atoms with Crippen molar-refractivity contribution in [1.29, 1.82) is 0 Å². The maximum Gasteiger partial charge on any atom is 0.417 e. The number of halogens is 1. The highest BCUT2D eigenvalue weighted by Gasteiger charge is 2.42. The van der Waals surface area contributed by atoms with Crippen molar-refractivity contribution < 1.29 is 47.2 Å². The van der Waals surface area contributed by atoms with Crippen LogP contribution in [0.2, 0.25) is 0 Å². The van der Waals surface area contributed by atoms with E-state index in [9.17, 15) is 14.4 Å². The number of likely N-dealkylation sites (tertiary alicyclic amines) is 1. The van der Waals surface area contributed by atoms with Crippen LogP contribution in [0.15, 0.2) is 36.7 Å². The van der Waals surface area contributed by atoms with Gasteiger partial charge in [-0.2, -0.15) is 0 Å². The molecule has 56 heavy (non-hydrogen) atoms. The van der Waals surface area contributed by atoms with Crippen LogP contribution in [0, 0.1) is 11.7 Å². The van der Waals surface area contributed by atoms with Gasteiger partial charge in [-0.05, 0) is 97.8 Å². The molecule has 1 aromatic carbocycles. The van der Waals surface area contributed by atoms with Gasteiger partial charge in [-0.3, -0.25) is 9.78 Å². The van der Waals surface area contributed by atoms with Crippen molar-refractivity contribution in [3.8, 4) is 22.8 Å². The first kappa shape index (κ1) is 42.3. The Kier molecular flexibility index (Phi) is 13.5. The summed E-state index contributed by atoms with van der Waals surface area (Å²) in [7, 11) is 4.52. The zero-order valence-electron chi connectivity index (χ0n) is 34.0. The Labute approximate surface area is 328 Å². The number of fused-ring (bicyclic) bond motifs is 1. The first-order chi connectivity index (χ1) is 26.5. The third-order valence-corrected chi connectivity index (χ3v) is 9.66. The number of para-hydroxylation sites is 1. The number of ether oxygens (including phenoxy) is 6. The summed E-state index contributed by atoms with van der Waals surface area (Å²) in [5.41, 5.74) is 1.03. The summed E-state index contributed by atoms with van der Waals surface area (Å²) >= 11 is 0. The van der Waals surface area contributed by atoms with Crippen LogP contribution in [0.1, 0.15) is 95.6 Å². The molecule has 15 heteroatoms. The number of piperidine rings is 1. The van der Waals surface area contributed by atoms with Crippen molar-refractivity contribution in [3.05, 3.63) is 53.7 Å². The van der Waals surface area contributed by atoms with Crippen LogP contribution in [0.3, 0.4) is 0 Å². The maximum absolute atomic E-state index is 15.1. The van der Waals surface area contributed by atoms with Gasteiger partial charge in [0.05, 0.1) is 42.5 Å². The Bertz CT molecular complexity index is 1840. The van der Waals surface area contributed by atoms with Crippen molar-refractivity contribution in [2.24, 2.45) is 5.92 Å². The van der Waals surface area contributed by atoms with Gasteiger partial charge in [0.1, 0.15) is 17.0 Å². The molecule has 306 valence electrons. The minimum absolute atomic E-state index is 0.0497. The second-order valence-corrected chi connectivity index (χ2v) is 16.1. The molecule has 3 aromatic rings. The quantitative estimate of drug-likeness (QED) is 0.161. The number of nitrogens with one attached hydrogen (secondary N) is 2. The van der Waals surface area contributed by atoms with Crippen LogP contribution in [0.25, 0.3) is 11.3 Å². The minimum atomic E-state index is -0.855. The summed E-state index contributed by atoms with van der Waals surface area (Å²) in [4.78, 5) is 51.6. The van der Waals surface area contributed by atoms with E-state index in [-0.39, 0.29) is 41.5 Å². The van der Waals surface area contributed by atoms with Gasteiger partial charge in [0.25, 0.3) is 5.91 Å². The van der Waals surface area contributed by atoms with Crippen LogP contribution in [0.5, 0.6) is 11.5 Å². The zero-order chi connectivity index (χ0) is 40.8. The van der Waals surface area contributed by atoms with E-state index >= 15 is 4.39 Å². The largest absolute Gasteiger partial charge is 0.492 e. The normalized spacial score (nSPS) is 16.5. The van der Waals surface area contributed by atoms with Gasteiger partial charge in [-0.15, -0.1) is 0 Å². The molecule has 0 radical (unpaired) electrons. The molecule has 0 saturated carbocycles. The lowest BCUT2D eigenvalue weighted by molar-refractivity contribution is -0.107. The molecule has 1 atom stereocenters. The fraction of sp³-hybridized carbons (Fsp3) is 0.561. The average Bonchev–Trinajstić information content (AvgIpc) is 3.51. The van der Waals surface area contributed by atoms with Gasteiger partial charge in [-0.1, -0.05) is 6.07 Å². The minimum Gasteiger partial charge on any atom is -0.492 e. The third kappa shape index (κ3) is 10.3. The van der Waals surface area contributed by atoms with Gasteiger partial charge in [-0.25, -0.2) is 18.9 Å². The Morgan fingerprint density at radius 1 is 1.00 bits per heavy atom. The number of rotatable bonds is 13. The standard InChI is InChI=1S/C41H56FN5O9/c1-40(2,3)55-38(49)46-20-17-25(18-21-46)24-54-30-22-43-19-16-27(30)34-35(44-29-14-11-13-28(42)36(29)53-9)32-33(45-34)26(12-10-15-31(51-7)52-8)23-47(37(32)48)39(50)56-41(4,5)6/h11,13-14,16,19,22,25-26,31,44-45H,10,12,15,17-18,20-21,23-24H2,1-9H3. The number of anilines is 2. The van der Waals surface area contributed by atoms with Crippen LogP contribution in [0.4, 0.5) is 25.4 Å². The van der Waals surface area contributed by atoms with E-state index in [4.69, 9.17) is 28.4 Å². The number of hydrogen-bond donors (Lipinski definition) is 2. The first-order valence-electron chi connectivity index (χ1n) is 19.0. The number of nitrogens with zero attached hydrogens (tertiary/aromatic N) is 3. The molecule has 5 rings (SSSR count). The second kappa shape index (κ2) is 17.9. The Morgan fingerprint density at radius 3 is 2.32 bits per heavy atom. The number of H-pyrrole nitrogens is 1. The number of aromatic amines is 1. The van der Waals surface area contributed by atoms with Crippen LogP contribution in [-0.2, 0) is 18.9 Å². The first-order valence-corrected chi connectivity index (χ1v) is 19.0. The van der Waals surface area contributed by atoms with E-state index in [1.54, 1.807) is 64.4 Å². The number of amides is 3. The van der Waals surface area contributed by atoms with Gasteiger partial charge in [0.15, 0.2) is 17.9 Å². The second-order valence-electron chi connectivity index (χ2n) is 16.1. The van der Waals surface area contributed by atoms with Gasteiger partial charge >= 0.3 is 12.2 Å². The molecule has 3 amide bonds. The topological polar surface area (TPSA) is 154 Å². The Hall–Kier alpha value is -4.89. The van der Waals surface area contributed by atoms with Crippen molar-refractivity contribution >= 4 is 29.5 Å². The average molecular weight is 782 g/mol. The number of aromatic nitrogens is 2. The smallest absolute Gasteiger partial charge is 0.417 e. The van der Waals surface area contributed by atoms with E-state index in [0.29, 0.717) is 67.3 Å². The van der Waals surface area contributed by atoms with E-state index < -0.39 is 35.3 Å². The number of pyridine rings is 1. The molecule has 14 nitrogen and oxygen atoms in total. The lowest BCUT2D eigenvalue weighted by atomic mass is 9.90. The van der Waals surface area contributed by atoms with Gasteiger partial charge < -0.3 is 43.6 Å². The molecule has 2 aromatic heterocycles. The number of hydrogen-bond acceptors (Lipinski definition) is 11. The number of carbonyl (C=O) groups is 3. The highest BCUT2D eigenvalue weighted by atomic mass is 19.1. The number of carbonyl (C=O) groups excluding carboxylic acids is 3. The molecule has 4 heterocycles. The molecule has 2 aliphatic rings. The lowest BCUT2D eigenvalue weighted by Crippen LogP contribution is -2.46. The number of benzene rings is 1. The third-order valence-electron chi connectivity index (χ3n) is 9.66. The predicted molar refractivity (Wildman–Crippen MR) is 208 cm³/mol. The Balaban J connectivity index is 1.53. The fourth-order valence-electron chi connectivity index (χ4n) is 6.94. The summed E-state index contributed by atoms with van der Waals surface area (Å²) in [5.74, 6) is -0.957. The van der Waals surface area contributed by atoms with Crippen LogP contribution >= 0.6 is 0 Å². The van der Waals surface area contributed by atoms with Crippen molar-refractivity contribution in [3.63, 3.8) is 0 Å². The fourth-order valence-corrected chi connectivity index (χ4v) is 6.94. The number of methoxy groups -OCH3 is 3. The molecule has 0 bridgehead atoms. The van der Waals surface area contributed by atoms with E-state index in [0.717, 1.165) is 17.7 Å². The molecule has 1 saturated heterocycles. The zero-order valence-corrected chi connectivity index (χ0v) is 34.0.